The molecule has 0 fully saturated rings. The van der Waals surface area contributed by atoms with Gasteiger partial charge in [0.2, 0.25) is 0 Å². The fourth-order valence-corrected chi connectivity index (χ4v) is 2.02. The van der Waals surface area contributed by atoms with Crippen LogP contribution in [0.15, 0.2) is 47.7 Å². The van der Waals surface area contributed by atoms with Gasteiger partial charge in [-0.15, -0.1) is 0 Å². The Labute approximate surface area is 125 Å². The predicted octanol–water partition coefficient (Wildman–Crippen LogP) is 4.07. The lowest BCUT2D eigenvalue weighted by atomic mass is 10.3. The normalized spacial score (nSPS) is 9.38. The monoisotopic (exact) mass is 285 g/mol. The van der Waals surface area contributed by atoms with E-state index in [9.17, 15) is 4.79 Å². The summed E-state index contributed by atoms with van der Waals surface area (Å²) in [6.45, 7) is 9.95. The van der Waals surface area contributed by atoms with Gasteiger partial charge in [-0.1, -0.05) is 45.9 Å². The summed E-state index contributed by atoms with van der Waals surface area (Å²) < 4.78 is 1.87. The second-order valence-corrected chi connectivity index (χ2v) is 3.95. The van der Waals surface area contributed by atoms with E-state index in [2.05, 4.69) is 9.97 Å². The lowest BCUT2D eigenvalue weighted by Crippen LogP contribution is -2.09. The summed E-state index contributed by atoms with van der Waals surface area (Å²) in [7, 11) is 0. The molecular formula is C17H23N3O. The minimum atomic E-state index is -0.119. The fourth-order valence-electron chi connectivity index (χ4n) is 2.02. The fraction of sp³-hybridized carbons (Fsp3) is 0.294. The van der Waals surface area contributed by atoms with Crippen molar-refractivity contribution in [1.29, 1.82) is 0 Å². The number of nitrogens with one attached hydrogen (secondary N) is 1. The lowest BCUT2D eigenvalue weighted by Gasteiger charge is -2.03. The van der Waals surface area contributed by atoms with Gasteiger partial charge in [0.05, 0.1) is 11.8 Å². The van der Waals surface area contributed by atoms with Crippen LogP contribution < -0.4 is 5.56 Å². The van der Waals surface area contributed by atoms with Crippen LogP contribution in [0.5, 0.6) is 0 Å². The van der Waals surface area contributed by atoms with E-state index in [1.165, 1.54) is 6.33 Å². The Kier molecular flexibility index (Phi) is 6.40. The van der Waals surface area contributed by atoms with Crippen LogP contribution in [0, 0.1) is 6.92 Å². The molecule has 21 heavy (non-hydrogen) atoms. The number of fused-ring (bicyclic) bond motifs is 1. The maximum absolute atomic E-state index is 11.9. The Morgan fingerprint density at radius 3 is 2.29 bits per heavy atom. The number of para-hydroxylation sites is 1. The molecule has 1 aromatic carbocycles. The zero-order chi connectivity index (χ0) is 15.8. The predicted molar refractivity (Wildman–Crippen MR) is 89.1 cm³/mol. The minimum Gasteiger partial charge on any atom is -0.311 e. The number of aryl methyl sites for hydroxylation is 1. The Balaban J connectivity index is 0.000000510. The van der Waals surface area contributed by atoms with Crippen LogP contribution in [0.1, 0.15) is 33.3 Å². The van der Waals surface area contributed by atoms with Crippen LogP contribution >= 0.6 is 0 Å². The second kappa shape index (κ2) is 8.04. The summed E-state index contributed by atoms with van der Waals surface area (Å²) in [6, 6.07) is 9.77. The van der Waals surface area contributed by atoms with Crippen molar-refractivity contribution < 1.29 is 0 Å². The molecule has 0 aliphatic carbocycles. The number of rotatable bonds is 1. The van der Waals surface area contributed by atoms with Crippen molar-refractivity contribution in [3.8, 4) is 5.69 Å². The van der Waals surface area contributed by atoms with Crippen molar-refractivity contribution in [2.75, 3.05) is 0 Å². The topological polar surface area (TPSA) is 50.7 Å². The van der Waals surface area contributed by atoms with Crippen LogP contribution in [-0.2, 0) is 0 Å². The van der Waals surface area contributed by atoms with Crippen LogP contribution in [0.3, 0.4) is 0 Å². The third kappa shape index (κ3) is 3.40. The molecule has 2 heterocycles. The largest absolute Gasteiger partial charge is 0.311 e. The molecule has 4 nitrogen and oxygen atoms in total. The van der Waals surface area contributed by atoms with Crippen molar-refractivity contribution in [3.05, 3.63) is 58.8 Å². The van der Waals surface area contributed by atoms with E-state index in [1.54, 1.807) is 0 Å². The molecule has 3 aromatic rings. The Hall–Kier alpha value is -2.36. The van der Waals surface area contributed by atoms with Crippen LogP contribution in [-0.4, -0.2) is 14.5 Å². The summed E-state index contributed by atoms with van der Waals surface area (Å²) in [5.41, 5.74) is 3.18. The van der Waals surface area contributed by atoms with Crippen molar-refractivity contribution in [1.82, 2.24) is 14.5 Å². The van der Waals surface area contributed by atoms with Crippen molar-refractivity contribution >= 4 is 11.0 Å². The molecule has 0 bridgehead atoms. The van der Waals surface area contributed by atoms with Gasteiger partial charge < -0.3 is 9.55 Å². The molecule has 0 radical (unpaired) electrons. The van der Waals surface area contributed by atoms with Gasteiger partial charge >= 0.3 is 0 Å². The molecule has 0 atom stereocenters. The number of nitrogens with zero attached hydrogens (tertiary/aromatic N) is 2. The van der Waals surface area contributed by atoms with E-state index in [0.717, 1.165) is 16.8 Å². The lowest BCUT2D eigenvalue weighted by molar-refractivity contribution is 1.08. The van der Waals surface area contributed by atoms with E-state index in [1.807, 2.05) is 75.7 Å². The number of aromatic nitrogens is 3. The zero-order valence-corrected chi connectivity index (χ0v) is 13.3. The SMILES string of the molecule is CC.CC.Cc1cn(-c2ccccc2)c2c(=O)[nH]cnc12. The molecule has 4 heteroatoms. The highest BCUT2D eigenvalue weighted by Crippen LogP contribution is 2.19. The summed E-state index contributed by atoms with van der Waals surface area (Å²) in [4.78, 5) is 18.7. The molecule has 0 unspecified atom stereocenters. The molecule has 3 rings (SSSR count). The van der Waals surface area contributed by atoms with Crippen LogP contribution in [0.4, 0.5) is 0 Å². The molecule has 0 saturated heterocycles. The Morgan fingerprint density at radius 2 is 1.67 bits per heavy atom. The third-order valence-corrected chi connectivity index (χ3v) is 2.80. The molecule has 112 valence electrons. The molecule has 0 amide bonds. The van der Waals surface area contributed by atoms with Crippen molar-refractivity contribution in [2.45, 2.75) is 34.6 Å². The first kappa shape index (κ1) is 16.7. The highest BCUT2D eigenvalue weighted by atomic mass is 16.1. The van der Waals surface area contributed by atoms with Crippen LogP contribution in [0.25, 0.3) is 16.7 Å². The molecule has 0 spiro atoms. The summed E-state index contributed by atoms with van der Waals surface area (Å²) >= 11 is 0. The van der Waals surface area contributed by atoms with E-state index in [4.69, 9.17) is 0 Å². The highest BCUT2D eigenvalue weighted by Gasteiger charge is 2.10. The first-order valence-corrected chi connectivity index (χ1v) is 7.38. The number of aromatic amines is 1. The van der Waals surface area contributed by atoms with Gasteiger partial charge in [-0.2, -0.15) is 0 Å². The smallest absolute Gasteiger partial charge is 0.275 e. The van der Waals surface area contributed by atoms with Gasteiger partial charge in [0.1, 0.15) is 5.52 Å². The molecule has 0 aliphatic rings. The molecule has 0 aliphatic heterocycles. The zero-order valence-electron chi connectivity index (χ0n) is 13.3. The van der Waals surface area contributed by atoms with Gasteiger partial charge in [-0.25, -0.2) is 4.98 Å². The number of benzene rings is 1. The van der Waals surface area contributed by atoms with E-state index >= 15 is 0 Å². The summed E-state index contributed by atoms with van der Waals surface area (Å²) in [5, 5.41) is 0. The number of H-pyrrole nitrogens is 1. The molecular weight excluding hydrogens is 262 g/mol. The molecule has 2 aromatic heterocycles. The van der Waals surface area contributed by atoms with Crippen LogP contribution in [0.2, 0.25) is 0 Å². The quantitative estimate of drug-likeness (QED) is 0.732. The van der Waals surface area contributed by atoms with Gasteiger partial charge in [0, 0.05) is 11.9 Å². The highest BCUT2D eigenvalue weighted by molar-refractivity contribution is 5.80. The van der Waals surface area contributed by atoms with Crippen molar-refractivity contribution in [3.63, 3.8) is 0 Å². The molecule has 1 N–H and O–H groups in total. The van der Waals surface area contributed by atoms with Gasteiger partial charge in [0.15, 0.2) is 0 Å². The standard InChI is InChI=1S/C13H11N3O.2C2H6/c1-9-7-16(10-5-3-2-4-6-10)12-11(9)14-8-15-13(12)17;2*1-2/h2-8H,1H3,(H,14,15,17);2*1-2H3. The average Bonchev–Trinajstić information content (AvgIpc) is 2.91. The molecule has 0 saturated carbocycles. The summed E-state index contributed by atoms with van der Waals surface area (Å²) in [5.74, 6) is 0. The van der Waals surface area contributed by atoms with E-state index in [-0.39, 0.29) is 5.56 Å². The van der Waals surface area contributed by atoms with Gasteiger partial charge in [-0.3, -0.25) is 4.79 Å². The van der Waals surface area contributed by atoms with Gasteiger partial charge in [0.25, 0.3) is 5.56 Å². The van der Waals surface area contributed by atoms with Gasteiger partial charge in [-0.05, 0) is 24.6 Å². The van der Waals surface area contributed by atoms with E-state index < -0.39 is 0 Å². The second-order valence-electron chi connectivity index (χ2n) is 3.95. The minimum absolute atomic E-state index is 0.119. The summed E-state index contributed by atoms with van der Waals surface area (Å²) in [6.07, 6.45) is 3.37. The maximum Gasteiger partial charge on any atom is 0.275 e. The Morgan fingerprint density at radius 1 is 1.05 bits per heavy atom. The Bertz CT molecular complexity index is 727. The van der Waals surface area contributed by atoms with E-state index in [0.29, 0.717) is 5.52 Å². The maximum atomic E-state index is 11.9. The third-order valence-electron chi connectivity index (χ3n) is 2.80. The average molecular weight is 285 g/mol. The first-order chi connectivity index (χ1) is 10.3. The first-order valence-electron chi connectivity index (χ1n) is 7.38. The number of hydrogen-bond donors (Lipinski definition) is 1. The van der Waals surface area contributed by atoms with Crippen molar-refractivity contribution in [2.24, 2.45) is 0 Å². The number of hydrogen-bond acceptors (Lipinski definition) is 2.